The van der Waals surface area contributed by atoms with Crippen LogP contribution in [-0.4, -0.2) is 71.4 Å². The third-order valence-electron chi connectivity index (χ3n) is 4.11. The predicted molar refractivity (Wildman–Crippen MR) is 115 cm³/mol. The lowest BCUT2D eigenvalue weighted by molar-refractivity contribution is 0.0835. The maximum atomic E-state index is 12.2. The summed E-state index contributed by atoms with van der Waals surface area (Å²) in [6, 6.07) is 5.01. The third kappa shape index (κ3) is 7.50. The average molecular weight is 431 g/mol. The van der Waals surface area contributed by atoms with Gasteiger partial charge in [0.2, 0.25) is 0 Å². The summed E-state index contributed by atoms with van der Waals surface area (Å²) in [6.45, 7) is 7.21. The Balaban J connectivity index is 2.15. The second-order valence-corrected chi connectivity index (χ2v) is 6.46. The number of carbonyl (C=O) groups is 2. The number of allylic oxidation sites excluding steroid dienone is 1. The van der Waals surface area contributed by atoms with Gasteiger partial charge in [-0.1, -0.05) is 11.3 Å². The summed E-state index contributed by atoms with van der Waals surface area (Å²) >= 11 is 0. The van der Waals surface area contributed by atoms with Crippen molar-refractivity contribution in [1.82, 2.24) is 25.6 Å². The fourth-order valence-electron chi connectivity index (χ4n) is 2.61. The number of aromatic nitrogens is 3. The van der Waals surface area contributed by atoms with Gasteiger partial charge in [0.1, 0.15) is 11.4 Å². The van der Waals surface area contributed by atoms with E-state index in [4.69, 9.17) is 14.6 Å². The molecule has 0 bridgehead atoms. The first-order chi connectivity index (χ1) is 15.1. The number of unbranched alkanes of at least 4 members (excludes halogenated alkanes) is 1. The summed E-state index contributed by atoms with van der Waals surface area (Å²) < 4.78 is 12.4. The van der Waals surface area contributed by atoms with E-state index in [-0.39, 0.29) is 38.0 Å². The fourth-order valence-corrected chi connectivity index (χ4v) is 2.61. The van der Waals surface area contributed by atoms with Crippen LogP contribution in [0.3, 0.4) is 0 Å². The first-order valence-electron chi connectivity index (χ1n) is 10.2. The van der Waals surface area contributed by atoms with E-state index in [9.17, 15) is 9.59 Å². The van der Waals surface area contributed by atoms with Crippen molar-refractivity contribution in [2.75, 3.05) is 39.5 Å². The van der Waals surface area contributed by atoms with Gasteiger partial charge in [0, 0.05) is 18.7 Å². The van der Waals surface area contributed by atoms with Crippen LogP contribution in [0.4, 0.5) is 0 Å². The standard InChI is InChI=1S/C21H29N5O5/c1-3-5-6-11-31-19-14-16(20(28)22-4-2)7-8-18(19)26-15-17(24-25-26)21(29)23-9-12-30-13-10-27/h3,7-8,14-15,27H,1,4-6,9-13H2,2H3,(H,22,28)(H,23,29). The van der Waals surface area contributed by atoms with E-state index in [1.54, 1.807) is 18.2 Å². The number of hydrogen-bond donors (Lipinski definition) is 3. The van der Waals surface area contributed by atoms with Crippen molar-refractivity contribution in [2.45, 2.75) is 19.8 Å². The molecule has 3 N–H and O–H groups in total. The highest BCUT2D eigenvalue weighted by Gasteiger charge is 2.16. The Morgan fingerprint density at radius 1 is 1.23 bits per heavy atom. The molecule has 1 heterocycles. The Morgan fingerprint density at radius 3 is 2.81 bits per heavy atom. The summed E-state index contributed by atoms with van der Waals surface area (Å²) in [7, 11) is 0. The number of nitrogens with one attached hydrogen (secondary N) is 2. The number of carbonyl (C=O) groups excluding carboxylic acids is 2. The van der Waals surface area contributed by atoms with Crippen LogP contribution in [0.15, 0.2) is 37.1 Å². The number of nitrogens with zero attached hydrogens (tertiary/aromatic N) is 3. The number of ether oxygens (including phenoxy) is 2. The van der Waals surface area contributed by atoms with Crippen LogP contribution in [0, 0.1) is 0 Å². The Morgan fingerprint density at radius 2 is 2.06 bits per heavy atom. The van der Waals surface area contributed by atoms with Crippen molar-refractivity contribution in [1.29, 1.82) is 0 Å². The fraction of sp³-hybridized carbons (Fsp3) is 0.429. The van der Waals surface area contributed by atoms with Gasteiger partial charge in [0.05, 0.1) is 32.6 Å². The number of amides is 2. The molecule has 2 amide bonds. The van der Waals surface area contributed by atoms with E-state index in [0.717, 1.165) is 12.8 Å². The number of aliphatic hydroxyl groups is 1. The van der Waals surface area contributed by atoms with Gasteiger partial charge in [-0.15, -0.1) is 11.7 Å². The first kappa shape index (κ1) is 24.0. The summed E-state index contributed by atoms with van der Waals surface area (Å²) in [4.78, 5) is 24.4. The molecular weight excluding hydrogens is 402 g/mol. The van der Waals surface area contributed by atoms with Crippen LogP contribution in [0.2, 0.25) is 0 Å². The molecule has 2 aromatic rings. The SMILES string of the molecule is C=CCCCOc1cc(C(=O)NCC)ccc1-n1cc(C(=O)NCCOCCO)nn1. The normalized spacial score (nSPS) is 10.5. The molecule has 10 nitrogen and oxygen atoms in total. The minimum absolute atomic E-state index is 0.0703. The molecular formula is C21H29N5O5. The van der Waals surface area contributed by atoms with E-state index < -0.39 is 5.91 Å². The minimum atomic E-state index is -0.397. The Labute approximate surface area is 181 Å². The molecule has 0 saturated carbocycles. The van der Waals surface area contributed by atoms with Crippen molar-refractivity contribution in [2.24, 2.45) is 0 Å². The molecule has 0 fully saturated rings. The molecule has 0 saturated heterocycles. The molecule has 31 heavy (non-hydrogen) atoms. The number of rotatable bonds is 14. The Bertz CT molecular complexity index is 868. The topological polar surface area (TPSA) is 128 Å². The van der Waals surface area contributed by atoms with E-state index in [2.05, 4.69) is 27.5 Å². The van der Waals surface area contributed by atoms with Gasteiger partial charge in [-0.05, 0) is 38.0 Å². The zero-order valence-corrected chi connectivity index (χ0v) is 17.7. The Hall–Kier alpha value is -3.24. The van der Waals surface area contributed by atoms with E-state index in [1.807, 2.05) is 13.0 Å². The molecule has 0 spiro atoms. The van der Waals surface area contributed by atoms with Gasteiger partial charge in [-0.2, -0.15) is 0 Å². The monoisotopic (exact) mass is 431 g/mol. The second kappa shape index (κ2) is 13.1. The zero-order valence-electron chi connectivity index (χ0n) is 17.7. The van der Waals surface area contributed by atoms with Gasteiger partial charge in [0.25, 0.3) is 11.8 Å². The molecule has 168 valence electrons. The molecule has 0 aliphatic rings. The number of hydrogen-bond acceptors (Lipinski definition) is 7. The first-order valence-corrected chi connectivity index (χ1v) is 10.2. The lowest BCUT2D eigenvalue weighted by atomic mass is 10.1. The van der Waals surface area contributed by atoms with E-state index in [1.165, 1.54) is 10.9 Å². The second-order valence-electron chi connectivity index (χ2n) is 6.46. The molecule has 0 aliphatic carbocycles. The molecule has 0 radical (unpaired) electrons. The molecule has 0 atom stereocenters. The molecule has 1 aromatic heterocycles. The highest BCUT2D eigenvalue weighted by atomic mass is 16.5. The lowest BCUT2D eigenvalue weighted by Gasteiger charge is -2.12. The maximum Gasteiger partial charge on any atom is 0.273 e. The van der Waals surface area contributed by atoms with E-state index >= 15 is 0 Å². The smallest absolute Gasteiger partial charge is 0.273 e. The van der Waals surface area contributed by atoms with Crippen LogP contribution in [-0.2, 0) is 4.74 Å². The van der Waals surface area contributed by atoms with Gasteiger partial charge < -0.3 is 25.2 Å². The maximum absolute atomic E-state index is 12.2. The van der Waals surface area contributed by atoms with E-state index in [0.29, 0.717) is 30.2 Å². The van der Waals surface area contributed by atoms with Crippen molar-refractivity contribution < 1.29 is 24.2 Å². The van der Waals surface area contributed by atoms with Crippen molar-refractivity contribution in [3.05, 3.63) is 48.3 Å². The van der Waals surface area contributed by atoms with Gasteiger partial charge in [0.15, 0.2) is 5.69 Å². The summed E-state index contributed by atoms with van der Waals surface area (Å²) in [6.07, 6.45) is 4.88. The highest BCUT2D eigenvalue weighted by Crippen LogP contribution is 2.24. The van der Waals surface area contributed by atoms with Crippen LogP contribution < -0.4 is 15.4 Å². The number of benzene rings is 1. The van der Waals surface area contributed by atoms with Crippen molar-refractivity contribution >= 4 is 11.8 Å². The highest BCUT2D eigenvalue weighted by molar-refractivity contribution is 5.95. The van der Waals surface area contributed by atoms with Crippen LogP contribution in [0.5, 0.6) is 5.75 Å². The molecule has 0 unspecified atom stereocenters. The zero-order chi connectivity index (χ0) is 22.5. The van der Waals surface area contributed by atoms with Crippen molar-refractivity contribution in [3.63, 3.8) is 0 Å². The van der Waals surface area contributed by atoms with Crippen LogP contribution in [0.25, 0.3) is 5.69 Å². The summed E-state index contributed by atoms with van der Waals surface area (Å²) in [5, 5.41) is 22.0. The average Bonchev–Trinajstić information content (AvgIpc) is 3.26. The number of aliphatic hydroxyl groups excluding tert-OH is 1. The van der Waals surface area contributed by atoms with Gasteiger partial charge in [-0.25, -0.2) is 4.68 Å². The Kier molecular flexibility index (Phi) is 10.2. The largest absolute Gasteiger partial charge is 0.491 e. The molecule has 0 aliphatic heterocycles. The molecule has 1 aromatic carbocycles. The predicted octanol–water partition coefficient (Wildman–Crippen LogP) is 1.10. The van der Waals surface area contributed by atoms with Crippen molar-refractivity contribution in [3.8, 4) is 11.4 Å². The van der Waals surface area contributed by atoms with Crippen LogP contribution in [0.1, 0.15) is 40.6 Å². The van der Waals surface area contributed by atoms with Gasteiger partial charge in [-0.3, -0.25) is 9.59 Å². The van der Waals surface area contributed by atoms with Crippen LogP contribution >= 0.6 is 0 Å². The minimum Gasteiger partial charge on any atom is -0.491 e. The third-order valence-corrected chi connectivity index (χ3v) is 4.11. The quantitative estimate of drug-likeness (QED) is 0.302. The lowest BCUT2D eigenvalue weighted by Crippen LogP contribution is -2.27. The summed E-state index contributed by atoms with van der Waals surface area (Å²) in [5.74, 6) is -0.139. The van der Waals surface area contributed by atoms with Gasteiger partial charge >= 0.3 is 0 Å². The summed E-state index contributed by atoms with van der Waals surface area (Å²) in [5.41, 5.74) is 1.15. The molecule has 10 heteroatoms. The molecule has 2 rings (SSSR count).